The third kappa shape index (κ3) is 9.89. The lowest BCUT2D eigenvalue weighted by Gasteiger charge is -2.14. The van der Waals surface area contributed by atoms with Gasteiger partial charge in [-0.05, 0) is 83.3 Å². The van der Waals surface area contributed by atoms with Crippen LogP contribution in [0.25, 0.3) is 6.08 Å². The summed E-state index contributed by atoms with van der Waals surface area (Å²) in [7, 11) is 0. The van der Waals surface area contributed by atoms with Crippen LogP contribution < -0.4 is 20.1 Å². The van der Waals surface area contributed by atoms with Crippen LogP contribution in [0.5, 0.6) is 23.0 Å². The van der Waals surface area contributed by atoms with Crippen LogP contribution in [0.3, 0.4) is 0 Å². The molecule has 10 heteroatoms. The van der Waals surface area contributed by atoms with Crippen molar-refractivity contribution in [1.82, 2.24) is 10.6 Å². The molecule has 0 heterocycles. The van der Waals surface area contributed by atoms with Gasteiger partial charge in [0.2, 0.25) is 11.8 Å². The minimum Gasteiger partial charge on any atom is -0.504 e. The molecule has 0 spiro atoms. The molecule has 4 aromatic carbocycles. The quantitative estimate of drug-likeness (QED) is 0.129. The van der Waals surface area contributed by atoms with Gasteiger partial charge in [-0.25, -0.2) is 8.78 Å². The summed E-state index contributed by atoms with van der Waals surface area (Å²) < 4.78 is 38.4. The number of hydrogen-bond donors (Lipinski definition) is 4. The molecule has 4 rings (SSSR count). The van der Waals surface area contributed by atoms with Crippen LogP contribution in [0.2, 0.25) is 0 Å². The molecule has 4 N–H and O–H groups in total. The molecule has 8 nitrogen and oxygen atoms in total. The van der Waals surface area contributed by atoms with E-state index in [2.05, 4.69) is 10.6 Å². The zero-order chi connectivity index (χ0) is 30.6. The third-order valence-corrected chi connectivity index (χ3v) is 6.21. The Labute approximate surface area is 247 Å². The molecule has 4 aromatic rings. The molecule has 0 unspecified atom stereocenters. The van der Waals surface area contributed by atoms with E-state index in [-0.39, 0.29) is 55.3 Å². The number of phenolic OH excluding ortho intramolecular Hbond substituents is 2. The van der Waals surface area contributed by atoms with E-state index in [9.17, 15) is 28.6 Å². The highest BCUT2D eigenvalue weighted by atomic mass is 19.1. The Morgan fingerprint density at radius 1 is 0.698 bits per heavy atom. The average Bonchev–Trinajstić information content (AvgIpc) is 3.00. The minimum atomic E-state index is -0.482. The standard InChI is InChI=1S/C33H30F2N2O6/c34-26-8-1-24(2-9-26)20-42-30-13-6-22(18-31(30)43-21-25-3-10-27(35)11-4-25)7-14-32(40)37-19-33(41)36-16-15-23-5-12-28(38)29(39)17-23/h1-14,17-18,38-39H,15-16,19-21H2,(H,36,41)(H,37,40)/b14-7+. The lowest BCUT2D eigenvalue weighted by atomic mass is 10.1. The lowest BCUT2D eigenvalue weighted by Crippen LogP contribution is -2.37. The maximum Gasteiger partial charge on any atom is 0.244 e. The number of phenols is 2. The fraction of sp³-hybridized carbons (Fsp3) is 0.152. The fourth-order valence-corrected chi connectivity index (χ4v) is 3.88. The minimum absolute atomic E-state index is 0.143. The second kappa shape index (κ2) is 15.0. The Morgan fingerprint density at radius 3 is 1.93 bits per heavy atom. The van der Waals surface area contributed by atoms with E-state index in [1.807, 2.05) is 0 Å². The summed E-state index contributed by atoms with van der Waals surface area (Å²) >= 11 is 0. The van der Waals surface area contributed by atoms with E-state index in [0.29, 0.717) is 23.5 Å². The predicted octanol–water partition coefficient (Wildman–Crippen LogP) is 5.02. The van der Waals surface area contributed by atoms with Gasteiger partial charge in [0.1, 0.15) is 24.8 Å². The summed E-state index contributed by atoms with van der Waals surface area (Å²) in [5.41, 5.74) is 2.86. The van der Waals surface area contributed by atoms with Crippen LogP contribution in [-0.2, 0) is 29.2 Å². The van der Waals surface area contributed by atoms with Gasteiger partial charge in [0.15, 0.2) is 23.0 Å². The van der Waals surface area contributed by atoms with Gasteiger partial charge in [-0.3, -0.25) is 9.59 Å². The van der Waals surface area contributed by atoms with Gasteiger partial charge in [-0.15, -0.1) is 0 Å². The number of benzene rings is 4. The van der Waals surface area contributed by atoms with Gasteiger partial charge in [0, 0.05) is 12.6 Å². The highest BCUT2D eigenvalue weighted by Gasteiger charge is 2.09. The van der Waals surface area contributed by atoms with Crippen LogP contribution in [0, 0.1) is 11.6 Å². The number of nitrogens with one attached hydrogen (secondary N) is 2. The molecule has 43 heavy (non-hydrogen) atoms. The van der Waals surface area contributed by atoms with Crippen molar-refractivity contribution >= 4 is 17.9 Å². The van der Waals surface area contributed by atoms with E-state index >= 15 is 0 Å². The largest absolute Gasteiger partial charge is 0.504 e. The molecule has 0 atom stereocenters. The number of halogens is 2. The van der Waals surface area contributed by atoms with Crippen molar-refractivity contribution < 1.29 is 38.1 Å². The topological polar surface area (TPSA) is 117 Å². The van der Waals surface area contributed by atoms with Crippen LogP contribution in [-0.4, -0.2) is 35.1 Å². The van der Waals surface area contributed by atoms with Gasteiger partial charge in [0.25, 0.3) is 0 Å². The lowest BCUT2D eigenvalue weighted by molar-refractivity contribution is -0.123. The van der Waals surface area contributed by atoms with Crippen molar-refractivity contribution in [2.24, 2.45) is 0 Å². The molecule has 2 amide bonds. The summed E-state index contributed by atoms with van der Waals surface area (Å²) in [5, 5.41) is 24.1. The summed E-state index contributed by atoms with van der Waals surface area (Å²) in [6, 6.07) is 21.3. The zero-order valence-electron chi connectivity index (χ0n) is 23.1. The number of carbonyl (C=O) groups excluding carboxylic acids is 2. The highest BCUT2D eigenvalue weighted by Crippen LogP contribution is 2.31. The number of amides is 2. The third-order valence-electron chi connectivity index (χ3n) is 6.21. The number of carbonyl (C=O) groups is 2. The Balaban J connectivity index is 1.32. The molecule has 0 aromatic heterocycles. The molecule has 0 bridgehead atoms. The van der Waals surface area contributed by atoms with Crippen molar-refractivity contribution in [3.63, 3.8) is 0 Å². The van der Waals surface area contributed by atoms with Crippen molar-refractivity contribution in [2.75, 3.05) is 13.1 Å². The molecule has 0 radical (unpaired) electrons. The molecular weight excluding hydrogens is 558 g/mol. The molecule has 222 valence electrons. The van der Waals surface area contributed by atoms with Crippen molar-refractivity contribution in [3.05, 3.63) is 125 Å². The zero-order valence-corrected chi connectivity index (χ0v) is 23.1. The first kappa shape index (κ1) is 30.6. The first-order valence-electron chi connectivity index (χ1n) is 13.4. The fourth-order valence-electron chi connectivity index (χ4n) is 3.88. The van der Waals surface area contributed by atoms with Crippen molar-refractivity contribution in [3.8, 4) is 23.0 Å². The Bertz CT molecular complexity index is 1570. The Hall–Kier alpha value is -5.38. The van der Waals surface area contributed by atoms with E-state index in [1.54, 1.807) is 54.6 Å². The highest BCUT2D eigenvalue weighted by molar-refractivity contribution is 5.94. The molecule has 0 saturated heterocycles. The molecular formula is C33H30F2N2O6. The first-order valence-corrected chi connectivity index (χ1v) is 13.4. The maximum absolute atomic E-state index is 13.3. The summed E-state index contributed by atoms with van der Waals surface area (Å²) in [6.45, 7) is 0.366. The molecule has 0 aliphatic rings. The molecule has 0 fully saturated rings. The Morgan fingerprint density at radius 2 is 1.30 bits per heavy atom. The van der Waals surface area contributed by atoms with E-state index in [4.69, 9.17) is 9.47 Å². The van der Waals surface area contributed by atoms with E-state index in [0.717, 1.165) is 16.7 Å². The van der Waals surface area contributed by atoms with Gasteiger partial charge >= 0.3 is 0 Å². The van der Waals surface area contributed by atoms with Gasteiger partial charge in [-0.1, -0.05) is 36.4 Å². The number of aromatic hydroxyl groups is 2. The van der Waals surface area contributed by atoms with Crippen molar-refractivity contribution in [2.45, 2.75) is 19.6 Å². The van der Waals surface area contributed by atoms with Crippen molar-refractivity contribution in [1.29, 1.82) is 0 Å². The number of hydrogen-bond acceptors (Lipinski definition) is 6. The predicted molar refractivity (Wildman–Crippen MR) is 156 cm³/mol. The number of ether oxygens (including phenoxy) is 2. The average molecular weight is 589 g/mol. The number of rotatable bonds is 13. The molecule has 0 aliphatic carbocycles. The van der Waals surface area contributed by atoms with Gasteiger partial charge < -0.3 is 30.3 Å². The summed E-state index contributed by atoms with van der Waals surface area (Å²) in [4.78, 5) is 24.4. The molecule has 0 saturated carbocycles. The second-order valence-electron chi connectivity index (χ2n) is 9.51. The van der Waals surface area contributed by atoms with Gasteiger partial charge in [-0.2, -0.15) is 0 Å². The summed E-state index contributed by atoms with van der Waals surface area (Å²) in [6.07, 6.45) is 3.27. The van der Waals surface area contributed by atoms with Crippen LogP contribution in [0.15, 0.2) is 91.0 Å². The van der Waals surface area contributed by atoms with E-state index in [1.165, 1.54) is 42.5 Å². The smallest absolute Gasteiger partial charge is 0.244 e. The maximum atomic E-state index is 13.3. The van der Waals surface area contributed by atoms with E-state index < -0.39 is 5.91 Å². The van der Waals surface area contributed by atoms with Crippen LogP contribution >= 0.6 is 0 Å². The summed E-state index contributed by atoms with van der Waals surface area (Å²) in [5.74, 6) is -1.22. The monoisotopic (exact) mass is 588 g/mol. The Kier molecular flexibility index (Phi) is 10.7. The SMILES string of the molecule is O=C(/C=C/c1ccc(OCc2ccc(F)cc2)c(OCc2ccc(F)cc2)c1)NCC(=O)NCCc1ccc(O)c(O)c1. The van der Waals surface area contributed by atoms with Crippen LogP contribution in [0.1, 0.15) is 22.3 Å². The second-order valence-corrected chi connectivity index (χ2v) is 9.51. The first-order chi connectivity index (χ1) is 20.7. The van der Waals surface area contributed by atoms with Crippen LogP contribution in [0.4, 0.5) is 8.78 Å². The van der Waals surface area contributed by atoms with Gasteiger partial charge in [0.05, 0.1) is 6.54 Å². The molecule has 0 aliphatic heterocycles. The normalized spacial score (nSPS) is 10.8.